The zero-order valence-electron chi connectivity index (χ0n) is 14.7. The highest BCUT2D eigenvalue weighted by molar-refractivity contribution is 4.82. The third-order valence-electron chi connectivity index (χ3n) is 4.86. The maximum atomic E-state index is 9.58. The summed E-state index contributed by atoms with van der Waals surface area (Å²) in [6.07, 6.45) is 7.25. The molecule has 1 aliphatic heterocycles. The van der Waals surface area contributed by atoms with Crippen LogP contribution in [-0.2, 0) is 0 Å². The van der Waals surface area contributed by atoms with Crippen LogP contribution in [0.5, 0.6) is 0 Å². The second-order valence-corrected chi connectivity index (χ2v) is 7.14. The monoisotopic (exact) mass is 299 g/mol. The second-order valence-electron chi connectivity index (χ2n) is 7.14. The van der Waals surface area contributed by atoms with E-state index < -0.39 is 0 Å². The molecule has 2 atom stereocenters. The van der Waals surface area contributed by atoms with Crippen LogP contribution >= 0.6 is 0 Å². The number of aliphatic hydroxyl groups excluding tert-OH is 1. The highest BCUT2D eigenvalue weighted by Gasteiger charge is 2.23. The van der Waals surface area contributed by atoms with Crippen LogP contribution in [-0.4, -0.2) is 73.4 Å². The van der Waals surface area contributed by atoms with E-state index in [0.717, 1.165) is 25.4 Å². The molecule has 0 aromatic carbocycles. The predicted octanol–water partition coefficient (Wildman–Crippen LogP) is 1.93. The third-order valence-corrected chi connectivity index (χ3v) is 4.86. The molecule has 1 rings (SSSR count). The van der Waals surface area contributed by atoms with Crippen molar-refractivity contribution in [2.24, 2.45) is 0 Å². The van der Waals surface area contributed by atoms with Gasteiger partial charge in [0.25, 0.3) is 0 Å². The van der Waals surface area contributed by atoms with E-state index in [1.165, 1.54) is 45.3 Å². The molecule has 0 bridgehead atoms. The van der Waals surface area contributed by atoms with E-state index in [-0.39, 0.29) is 12.1 Å². The molecule has 2 unspecified atom stereocenters. The number of likely N-dealkylation sites (N-methyl/N-ethyl adjacent to an activating group) is 2. The molecule has 0 aromatic rings. The summed E-state index contributed by atoms with van der Waals surface area (Å²) in [7, 11) is 4.50. The van der Waals surface area contributed by atoms with Crippen molar-refractivity contribution in [3.05, 3.63) is 0 Å². The lowest BCUT2D eigenvalue weighted by Gasteiger charge is -2.36. The van der Waals surface area contributed by atoms with Crippen LogP contribution in [0.3, 0.4) is 0 Å². The number of hydrogen-bond donors (Lipinski definition) is 2. The molecule has 4 heteroatoms. The SMILES string of the molecule is CCCNC(C)(CO)CCCCN(C)C1CCCN(C)C1. The molecule has 0 saturated carbocycles. The molecule has 4 nitrogen and oxygen atoms in total. The van der Waals surface area contributed by atoms with Crippen molar-refractivity contribution in [1.29, 1.82) is 0 Å². The third kappa shape index (κ3) is 7.09. The summed E-state index contributed by atoms with van der Waals surface area (Å²) in [5, 5.41) is 13.1. The van der Waals surface area contributed by atoms with Gasteiger partial charge in [-0.05, 0) is 72.8 Å². The largest absolute Gasteiger partial charge is 0.394 e. The summed E-state index contributed by atoms with van der Waals surface area (Å²) in [5.74, 6) is 0. The number of hydrogen-bond acceptors (Lipinski definition) is 4. The van der Waals surface area contributed by atoms with Gasteiger partial charge in [-0.1, -0.05) is 13.3 Å². The molecule has 2 N–H and O–H groups in total. The molecule has 126 valence electrons. The first-order valence-corrected chi connectivity index (χ1v) is 8.75. The van der Waals surface area contributed by atoms with Gasteiger partial charge in [-0.2, -0.15) is 0 Å². The Bertz CT molecular complexity index is 275. The number of likely N-dealkylation sites (tertiary alicyclic amines) is 1. The van der Waals surface area contributed by atoms with Crippen LogP contribution in [0.15, 0.2) is 0 Å². The van der Waals surface area contributed by atoms with Gasteiger partial charge < -0.3 is 20.2 Å². The lowest BCUT2D eigenvalue weighted by molar-refractivity contribution is 0.129. The zero-order chi connectivity index (χ0) is 15.7. The van der Waals surface area contributed by atoms with Crippen LogP contribution in [0, 0.1) is 0 Å². The lowest BCUT2D eigenvalue weighted by Crippen LogP contribution is -2.46. The summed E-state index contributed by atoms with van der Waals surface area (Å²) < 4.78 is 0. The summed E-state index contributed by atoms with van der Waals surface area (Å²) in [6.45, 7) is 9.17. The molecule has 0 amide bonds. The Morgan fingerprint density at radius 1 is 1.38 bits per heavy atom. The number of rotatable bonds is 10. The Morgan fingerprint density at radius 3 is 2.76 bits per heavy atom. The minimum Gasteiger partial charge on any atom is -0.394 e. The highest BCUT2D eigenvalue weighted by atomic mass is 16.3. The molecule has 1 aliphatic rings. The van der Waals surface area contributed by atoms with E-state index in [2.05, 4.69) is 43.1 Å². The minimum absolute atomic E-state index is 0.0976. The molecule has 1 fully saturated rings. The first-order valence-electron chi connectivity index (χ1n) is 8.75. The molecule has 1 heterocycles. The van der Waals surface area contributed by atoms with Crippen molar-refractivity contribution in [3.63, 3.8) is 0 Å². The van der Waals surface area contributed by atoms with Crippen LogP contribution < -0.4 is 5.32 Å². The smallest absolute Gasteiger partial charge is 0.0610 e. The van der Waals surface area contributed by atoms with Crippen LogP contribution in [0.25, 0.3) is 0 Å². The number of aliphatic hydroxyl groups is 1. The molecule has 1 saturated heterocycles. The summed E-state index contributed by atoms with van der Waals surface area (Å²) in [4.78, 5) is 4.98. The quantitative estimate of drug-likeness (QED) is 0.605. The van der Waals surface area contributed by atoms with Crippen molar-refractivity contribution in [2.45, 2.75) is 64.0 Å². The Balaban J connectivity index is 2.19. The zero-order valence-corrected chi connectivity index (χ0v) is 14.7. The Morgan fingerprint density at radius 2 is 2.14 bits per heavy atom. The van der Waals surface area contributed by atoms with Gasteiger partial charge >= 0.3 is 0 Å². The number of nitrogens with one attached hydrogen (secondary N) is 1. The van der Waals surface area contributed by atoms with E-state index in [1.54, 1.807) is 0 Å². The molecular weight excluding hydrogens is 262 g/mol. The maximum absolute atomic E-state index is 9.58. The Labute approximate surface area is 131 Å². The van der Waals surface area contributed by atoms with E-state index in [4.69, 9.17) is 0 Å². The van der Waals surface area contributed by atoms with Gasteiger partial charge in [-0.25, -0.2) is 0 Å². The van der Waals surface area contributed by atoms with E-state index in [1.807, 2.05) is 0 Å². The average Bonchev–Trinajstić information content (AvgIpc) is 2.49. The van der Waals surface area contributed by atoms with Gasteiger partial charge in [-0.3, -0.25) is 0 Å². The molecule has 21 heavy (non-hydrogen) atoms. The van der Waals surface area contributed by atoms with Gasteiger partial charge in [0, 0.05) is 18.1 Å². The second kappa shape index (κ2) is 9.78. The first kappa shape index (κ1) is 18.9. The number of nitrogens with zero attached hydrogens (tertiary/aromatic N) is 2. The molecule has 0 radical (unpaired) electrons. The van der Waals surface area contributed by atoms with Crippen LogP contribution in [0.2, 0.25) is 0 Å². The normalized spacial score (nSPS) is 23.4. The van der Waals surface area contributed by atoms with Crippen LogP contribution in [0.1, 0.15) is 52.4 Å². The van der Waals surface area contributed by atoms with Crippen LogP contribution in [0.4, 0.5) is 0 Å². The summed E-state index contributed by atoms with van der Waals surface area (Å²) in [5.41, 5.74) is -0.0976. The van der Waals surface area contributed by atoms with Gasteiger partial charge in [0.15, 0.2) is 0 Å². The van der Waals surface area contributed by atoms with Gasteiger partial charge in [0.05, 0.1) is 6.61 Å². The lowest BCUT2D eigenvalue weighted by atomic mass is 9.95. The molecule has 0 aliphatic carbocycles. The van der Waals surface area contributed by atoms with Crippen molar-refractivity contribution in [3.8, 4) is 0 Å². The average molecular weight is 300 g/mol. The fourth-order valence-corrected chi connectivity index (χ4v) is 3.21. The first-order chi connectivity index (χ1) is 10.0. The van der Waals surface area contributed by atoms with Gasteiger partial charge in [0.1, 0.15) is 0 Å². The van der Waals surface area contributed by atoms with Crippen molar-refractivity contribution < 1.29 is 5.11 Å². The fraction of sp³-hybridized carbons (Fsp3) is 1.00. The number of piperidine rings is 1. The van der Waals surface area contributed by atoms with Gasteiger partial charge in [-0.15, -0.1) is 0 Å². The fourth-order valence-electron chi connectivity index (χ4n) is 3.21. The summed E-state index contributed by atoms with van der Waals surface area (Å²) in [6, 6.07) is 0.728. The Kier molecular flexibility index (Phi) is 8.79. The summed E-state index contributed by atoms with van der Waals surface area (Å²) >= 11 is 0. The van der Waals surface area contributed by atoms with E-state index in [9.17, 15) is 5.11 Å². The highest BCUT2D eigenvalue weighted by Crippen LogP contribution is 2.16. The van der Waals surface area contributed by atoms with Crippen molar-refractivity contribution >= 4 is 0 Å². The predicted molar refractivity (Wildman–Crippen MR) is 90.8 cm³/mol. The maximum Gasteiger partial charge on any atom is 0.0610 e. The van der Waals surface area contributed by atoms with Crippen molar-refractivity contribution in [1.82, 2.24) is 15.1 Å². The Hall–Kier alpha value is -0.160. The van der Waals surface area contributed by atoms with E-state index in [0.29, 0.717) is 0 Å². The molecule has 0 aromatic heterocycles. The topological polar surface area (TPSA) is 38.7 Å². The minimum atomic E-state index is -0.0976. The van der Waals surface area contributed by atoms with Crippen molar-refractivity contribution in [2.75, 3.05) is 46.9 Å². The molecular formula is C17H37N3O. The van der Waals surface area contributed by atoms with E-state index >= 15 is 0 Å². The standard InChI is InChI=1S/C17H37N3O/c1-5-11-18-17(2,15-21)10-6-7-13-20(4)16-9-8-12-19(3)14-16/h16,18,21H,5-15H2,1-4H3. The molecule has 0 spiro atoms. The number of unbranched alkanes of at least 4 members (excludes halogenated alkanes) is 1. The van der Waals surface area contributed by atoms with Gasteiger partial charge in [0.2, 0.25) is 0 Å².